The summed E-state index contributed by atoms with van der Waals surface area (Å²) in [4.78, 5) is 19.8. The molecule has 9 aliphatic rings. The highest BCUT2D eigenvalue weighted by molar-refractivity contribution is 5.80. The van der Waals surface area contributed by atoms with Crippen LogP contribution in [-0.2, 0) is 74.9 Å². The quantitative estimate of drug-likeness (QED) is 0.0510. The first-order valence-corrected chi connectivity index (χ1v) is 32.3. The Bertz CT molecular complexity index is 2740. The van der Waals surface area contributed by atoms with E-state index < -0.39 is 84.8 Å². The van der Waals surface area contributed by atoms with E-state index in [2.05, 4.69) is 90.5 Å². The summed E-state index contributed by atoms with van der Waals surface area (Å²) in [5, 5.41) is 4.37. The van der Waals surface area contributed by atoms with Gasteiger partial charge in [0.25, 0.3) is 0 Å². The molecule has 0 radical (unpaired) electrons. The maximum atomic E-state index is 16.4. The first-order chi connectivity index (χ1) is 40.4. The van der Waals surface area contributed by atoms with E-state index in [-0.39, 0.29) is 63.7 Å². The average Bonchev–Trinajstić information content (AvgIpc) is 2.01. The van der Waals surface area contributed by atoms with Crippen molar-refractivity contribution in [1.82, 2.24) is 0 Å². The van der Waals surface area contributed by atoms with Crippen LogP contribution in [0.15, 0.2) is 77.4 Å². The number of esters is 1. The molecular formula is C69H101N3O13. The molecule has 2 aromatic rings. The van der Waals surface area contributed by atoms with Crippen LogP contribution in [0.5, 0.6) is 0 Å². The Morgan fingerprint density at radius 2 is 1.41 bits per heavy atom. The maximum absolute atomic E-state index is 16.4. The predicted octanol–water partition coefficient (Wildman–Crippen LogP) is 13.5. The SMILES string of the molecule is COC1C[C@]2(C)C(=CCC3C4(C)CC[C@H](C)[C@](C)(OC)[C@@H]4CC[C@@]32C)C2CC(C)(C)CC[C@]12C(=O)O[C@@H]1OC(COCc2ccccc2)[C@H](N=[N+]=[N-])C(C)C1O[C@@H]1OC(C)[C@H](O[C@@H]2OC[C@@H](C)C(OCc3ccccc3)C2C)C2OC(C)(C)OC21. The van der Waals surface area contributed by atoms with Crippen LogP contribution in [0.25, 0.3) is 10.4 Å². The number of azide groups is 1. The number of fused-ring (bicyclic) bond motifs is 8. The van der Waals surface area contributed by atoms with Gasteiger partial charge in [-0.1, -0.05) is 140 Å². The molecule has 4 saturated carbocycles. The topological polar surface area (TPSA) is 177 Å². The van der Waals surface area contributed by atoms with E-state index in [4.69, 9.17) is 56.8 Å². The van der Waals surface area contributed by atoms with Gasteiger partial charge < -0.3 is 56.8 Å². The summed E-state index contributed by atoms with van der Waals surface area (Å²) in [5.74, 6) is -0.799. The highest BCUT2D eigenvalue weighted by Gasteiger charge is 2.73. The molecule has 2 aromatic carbocycles. The van der Waals surface area contributed by atoms with E-state index in [1.54, 1.807) is 7.11 Å². The lowest BCUT2D eigenvalue weighted by Crippen LogP contribution is -2.69. The number of carbonyl (C=O) groups excluding carboxylic acids is 1. The van der Waals surface area contributed by atoms with Crippen molar-refractivity contribution < 1.29 is 61.6 Å². The highest BCUT2D eigenvalue weighted by Crippen LogP contribution is 2.76. The zero-order valence-electron chi connectivity index (χ0n) is 53.7. The molecule has 0 amide bonds. The Labute approximate surface area is 506 Å². The summed E-state index contributed by atoms with van der Waals surface area (Å²) in [6, 6.07) is 19.3. The van der Waals surface area contributed by atoms with E-state index in [0.717, 1.165) is 49.7 Å². The minimum atomic E-state index is -1.29. The molecule has 470 valence electrons. The number of rotatable bonds is 16. The molecule has 24 atom stereocenters. The van der Waals surface area contributed by atoms with Gasteiger partial charge in [-0.05, 0) is 153 Å². The van der Waals surface area contributed by atoms with Crippen LogP contribution < -0.4 is 0 Å². The van der Waals surface area contributed by atoms with E-state index in [1.807, 2.05) is 83.3 Å². The van der Waals surface area contributed by atoms with Gasteiger partial charge in [-0.2, -0.15) is 0 Å². The fourth-order valence-electron chi connectivity index (χ4n) is 18.9. The van der Waals surface area contributed by atoms with Crippen molar-refractivity contribution in [3.63, 3.8) is 0 Å². The Morgan fingerprint density at radius 3 is 2.09 bits per heavy atom. The van der Waals surface area contributed by atoms with Gasteiger partial charge in [-0.3, -0.25) is 4.79 Å². The summed E-state index contributed by atoms with van der Waals surface area (Å²) in [6.07, 6.45) is 2.85. The van der Waals surface area contributed by atoms with Gasteiger partial charge in [0.1, 0.15) is 29.8 Å². The monoisotopic (exact) mass is 1180 g/mol. The minimum absolute atomic E-state index is 0.0557. The molecule has 0 bridgehead atoms. The third-order valence-corrected chi connectivity index (χ3v) is 24.1. The number of hydrogen-bond donors (Lipinski definition) is 0. The zero-order valence-corrected chi connectivity index (χ0v) is 53.7. The van der Waals surface area contributed by atoms with Gasteiger partial charge in [0.05, 0.1) is 62.5 Å². The molecule has 16 heteroatoms. The molecule has 16 nitrogen and oxygen atoms in total. The van der Waals surface area contributed by atoms with Crippen molar-refractivity contribution >= 4 is 5.97 Å². The molecule has 4 heterocycles. The normalized spacial score (nSPS) is 46.2. The molecule has 12 unspecified atom stereocenters. The molecule has 11 rings (SSSR count). The standard InChI is InChI=1S/C69H101N3O13/c1-40-36-78-59(43(4)54(40)77-38-46-24-20-17-21-25-46)82-56-44(5)79-61(58-57(56)84-64(8,9)85-58)81-55-42(3)53(71-72-70)49(39-76-37-45-22-18-16-19-23-45)80-60(55)83-62(73)69-33-32-63(6,7)34-48(69)47-26-27-50-65(10)30-28-41(2)68(13,75-15)51(65)29-31-66(50,11)67(47,12)35-52(69)74-14/h16-26,40-44,48-61H,27-39H2,1-15H3/t40-,41+,42?,43?,44?,48?,49?,50?,51-,52?,53-,54?,55?,56+,57?,58?,59+,60+,61+,65?,66+,67-,68+,69-/m1/s1. The van der Waals surface area contributed by atoms with Gasteiger partial charge in [-0.25, -0.2) is 0 Å². The lowest BCUT2D eigenvalue weighted by Gasteiger charge is -2.72. The van der Waals surface area contributed by atoms with Crippen molar-refractivity contribution in [2.75, 3.05) is 27.4 Å². The Kier molecular flexibility index (Phi) is 17.8. The molecule has 5 aliphatic carbocycles. The van der Waals surface area contributed by atoms with E-state index in [9.17, 15) is 5.53 Å². The van der Waals surface area contributed by atoms with Crippen LogP contribution in [0, 0.1) is 68.5 Å². The maximum Gasteiger partial charge on any atom is 0.317 e. The van der Waals surface area contributed by atoms with E-state index >= 15 is 4.79 Å². The number of benzene rings is 2. The second-order valence-corrected chi connectivity index (χ2v) is 29.8. The van der Waals surface area contributed by atoms with Crippen molar-refractivity contribution in [3.05, 3.63) is 93.9 Å². The molecule has 0 spiro atoms. The van der Waals surface area contributed by atoms with Gasteiger partial charge in [0, 0.05) is 31.0 Å². The fraction of sp³-hybridized carbons (Fsp3) is 0.783. The number of nitrogens with zero attached hydrogens (tertiary/aromatic N) is 3. The third kappa shape index (κ3) is 11.1. The molecule has 0 N–H and O–H groups in total. The third-order valence-electron chi connectivity index (χ3n) is 24.1. The lowest BCUT2D eigenvalue weighted by molar-refractivity contribution is -0.352. The van der Waals surface area contributed by atoms with Gasteiger partial charge >= 0.3 is 5.97 Å². The zero-order chi connectivity index (χ0) is 60.6. The van der Waals surface area contributed by atoms with Gasteiger partial charge in [0.2, 0.25) is 6.29 Å². The van der Waals surface area contributed by atoms with Crippen LogP contribution in [0.2, 0.25) is 0 Å². The second kappa shape index (κ2) is 24.0. The van der Waals surface area contributed by atoms with Gasteiger partial charge in [-0.15, -0.1) is 0 Å². The number of carbonyl (C=O) groups is 1. The van der Waals surface area contributed by atoms with Crippen LogP contribution >= 0.6 is 0 Å². The lowest BCUT2D eigenvalue weighted by atomic mass is 9.33. The largest absolute Gasteiger partial charge is 0.432 e. The van der Waals surface area contributed by atoms with Crippen molar-refractivity contribution in [1.29, 1.82) is 0 Å². The summed E-state index contributed by atoms with van der Waals surface area (Å²) in [6.45, 7) is 30.3. The van der Waals surface area contributed by atoms with Crippen LogP contribution in [-0.4, -0.2) is 119 Å². The summed E-state index contributed by atoms with van der Waals surface area (Å²) in [5.41, 5.74) is 12.2. The molecule has 4 aliphatic heterocycles. The number of ether oxygens (including phenoxy) is 12. The Balaban J connectivity index is 0.902. The summed E-state index contributed by atoms with van der Waals surface area (Å²) >= 11 is 0. The molecule has 4 saturated heterocycles. The van der Waals surface area contributed by atoms with Gasteiger partial charge in [0.15, 0.2) is 18.4 Å². The first-order valence-electron chi connectivity index (χ1n) is 32.3. The predicted molar refractivity (Wildman–Crippen MR) is 320 cm³/mol. The minimum Gasteiger partial charge on any atom is -0.432 e. The number of methoxy groups -OCH3 is 2. The Hall–Kier alpha value is -3.48. The molecule has 85 heavy (non-hydrogen) atoms. The second-order valence-electron chi connectivity index (χ2n) is 29.8. The van der Waals surface area contributed by atoms with Crippen molar-refractivity contribution in [3.8, 4) is 0 Å². The molecule has 0 aromatic heterocycles. The van der Waals surface area contributed by atoms with Crippen LogP contribution in [0.4, 0.5) is 0 Å². The smallest absolute Gasteiger partial charge is 0.317 e. The van der Waals surface area contributed by atoms with Crippen LogP contribution in [0.3, 0.4) is 0 Å². The van der Waals surface area contributed by atoms with Crippen molar-refractivity contribution in [2.24, 2.45) is 73.6 Å². The number of hydrogen-bond acceptors (Lipinski definition) is 14. The van der Waals surface area contributed by atoms with Crippen LogP contribution in [0.1, 0.15) is 159 Å². The Morgan fingerprint density at radius 1 is 0.729 bits per heavy atom. The highest BCUT2D eigenvalue weighted by atomic mass is 16.8. The first kappa shape index (κ1) is 63.1. The fourth-order valence-corrected chi connectivity index (χ4v) is 18.9. The summed E-state index contributed by atoms with van der Waals surface area (Å²) in [7, 11) is 3.71. The van der Waals surface area contributed by atoms with E-state index in [0.29, 0.717) is 50.4 Å². The molecular weight excluding hydrogens is 1080 g/mol. The van der Waals surface area contributed by atoms with E-state index in [1.165, 1.54) is 12.0 Å². The average molecular weight is 1180 g/mol. The molecule has 8 fully saturated rings. The summed E-state index contributed by atoms with van der Waals surface area (Å²) < 4.78 is 81.6. The number of allylic oxidation sites excluding steroid dienone is 2. The van der Waals surface area contributed by atoms with Crippen molar-refractivity contribution in [2.45, 2.75) is 246 Å².